The summed E-state index contributed by atoms with van der Waals surface area (Å²) in [5, 5.41) is 7.49. The van der Waals surface area contributed by atoms with Crippen LogP contribution in [0, 0.1) is 5.82 Å². The highest BCUT2D eigenvalue weighted by Crippen LogP contribution is 2.33. The van der Waals surface area contributed by atoms with Crippen molar-refractivity contribution in [2.24, 2.45) is 0 Å². The van der Waals surface area contributed by atoms with Gasteiger partial charge in [0, 0.05) is 29.6 Å². The number of aromatic amines is 2. The predicted molar refractivity (Wildman–Crippen MR) is 124 cm³/mol. The van der Waals surface area contributed by atoms with Crippen LogP contribution in [0.4, 0.5) is 4.39 Å². The molecule has 0 aliphatic carbocycles. The molecule has 0 bridgehead atoms. The summed E-state index contributed by atoms with van der Waals surface area (Å²) in [6.07, 6.45) is 3.47. The van der Waals surface area contributed by atoms with Crippen molar-refractivity contribution >= 4 is 22.1 Å². The van der Waals surface area contributed by atoms with E-state index in [1.807, 2.05) is 42.5 Å². The molecule has 0 saturated heterocycles. The summed E-state index contributed by atoms with van der Waals surface area (Å²) in [7, 11) is 1.52. The number of H-pyrrole nitrogens is 2. The van der Waals surface area contributed by atoms with Crippen molar-refractivity contribution in [2.75, 3.05) is 7.11 Å². The van der Waals surface area contributed by atoms with Gasteiger partial charge in [0.1, 0.15) is 17.1 Å². The van der Waals surface area contributed by atoms with E-state index in [4.69, 9.17) is 14.7 Å². The number of hydrogen-bond donors (Lipinski definition) is 2. The van der Waals surface area contributed by atoms with Crippen LogP contribution in [0.25, 0.3) is 56.0 Å². The summed E-state index contributed by atoms with van der Waals surface area (Å²) in [6, 6.07) is 18.1. The highest BCUT2D eigenvalue weighted by Gasteiger charge is 2.17. The molecule has 0 spiro atoms. The Bertz CT molecular complexity index is 1620. The van der Waals surface area contributed by atoms with Crippen LogP contribution in [0.15, 0.2) is 73.1 Å². The van der Waals surface area contributed by atoms with Crippen LogP contribution < -0.4 is 4.74 Å². The van der Waals surface area contributed by atoms with Gasteiger partial charge < -0.3 is 9.72 Å². The van der Waals surface area contributed by atoms with E-state index < -0.39 is 0 Å². The van der Waals surface area contributed by atoms with Crippen LogP contribution >= 0.6 is 0 Å². The molecule has 0 aliphatic heterocycles. The van der Waals surface area contributed by atoms with Crippen LogP contribution in [0.3, 0.4) is 0 Å². The van der Waals surface area contributed by atoms with Crippen molar-refractivity contribution in [3.05, 3.63) is 78.9 Å². The maximum atomic E-state index is 14.1. The number of methoxy groups -OCH3 is 1. The number of pyridine rings is 2. The molecule has 0 aliphatic rings. The molecular formula is C25H17FN6O. The summed E-state index contributed by atoms with van der Waals surface area (Å²) in [5.74, 6) is 0.651. The number of benzene rings is 2. The Morgan fingerprint density at radius 1 is 0.848 bits per heavy atom. The maximum Gasteiger partial charge on any atom is 0.161 e. The normalized spacial score (nSPS) is 11.3. The lowest BCUT2D eigenvalue weighted by Gasteiger charge is -2.06. The van der Waals surface area contributed by atoms with Crippen molar-refractivity contribution in [1.29, 1.82) is 0 Å². The molecule has 4 heterocycles. The van der Waals surface area contributed by atoms with Gasteiger partial charge in [0.2, 0.25) is 0 Å². The molecule has 7 nitrogen and oxygen atoms in total. The first-order valence-corrected chi connectivity index (χ1v) is 10.3. The maximum absolute atomic E-state index is 14.1. The highest BCUT2D eigenvalue weighted by molar-refractivity contribution is 5.96. The van der Waals surface area contributed by atoms with Crippen LogP contribution in [0.5, 0.6) is 5.75 Å². The van der Waals surface area contributed by atoms with Gasteiger partial charge in [-0.1, -0.05) is 12.1 Å². The molecule has 0 unspecified atom stereocenters. The molecule has 2 aromatic carbocycles. The van der Waals surface area contributed by atoms with E-state index in [0.29, 0.717) is 33.9 Å². The number of imidazole rings is 1. The van der Waals surface area contributed by atoms with Crippen molar-refractivity contribution in [1.82, 2.24) is 30.1 Å². The second-order valence-corrected chi connectivity index (χ2v) is 7.57. The van der Waals surface area contributed by atoms with Crippen LogP contribution in [-0.2, 0) is 0 Å². The molecule has 33 heavy (non-hydrogen) atoms. The topological polar surface area (TPSA) is 92.4 Å². The number of aromatic nitrogens is 6. The SMILES string of the molecule is COc1cc(F)cc(-c2cccc3[nH]c(-c4n[nH]c5ccc(-c6ccncc6)nc45)nc23)c1. The number of fused-ring (bicyclic) bond motifs is 2. The summed E-state index contributed by atoms with van der Waals surface area (Å²) >= 11 is 0. The zero-order valence-electron chi connectivity index (χ0n) is 17.5. The number of para-hydroxylation sites is 1. The van der Waals surface area contributed by atoms with E-state index in [1.54, 1.807) is 18.5 Å². The van der Waals surface area contributed by atoms with E-state index in [0.717, 1.165) is 27.9 Å². The van der Waals surface area contributed by atoms with Crippen LogP contribution in [0.2, 0.25) is 0 Å². The average molecular weight is 436 g/mol. The monoisotopic (exact) mass is 436 g/mol. The molecule has 160 valence electrons. The van der Waals surface area contributed by atoms with E-state index in [2.05, 4.69) is 20.2 Å². The Balaban J connectivity index is 1.50. The molecule has 4 aromatic heterocycles. The van der Waals surface area contributed by atoms with Crippen LogP contribution in [-0.4, -0.2) is 37.2 Å². The molecule has 6 aromatic rings. The molecule has 0 radical (unpaired) electrons. The van der Waals surface area contributed by atoms with E-state index in [-0.39, 0.29) is 5.82 Å². The number of hydrogen-bond acceptors (Lipinski definition) is 5. The van der Waals surface area contributed by atoms with E-state index >= 15 is 0 Å². The molecule has 6 rings (SSSR count). The molecule has 8 heteroatoms. The summed E-state index contributed by atoms with van der Waals surface area (Å²) in [4.78, 5) is 17.0. The second-order valence-electron chi connectivity index (χ2n) is 7.57. The van der Waals surface area contributed by atoms with Crippen molar-refractivity contribution in [3.8, 4) is 39.7 Å². The number of halogens is 1. The van der Waals surface area contributed by atoms with Gasteiger partial charge in [-0.15, -0.1) is 0 Å². The minimum Gasteiger partial charge on any atom is -0.497 e. The number of nitrogens with zero attached hydrogens (tertiary/aromatic N) is 4. The largest absolute Gasteiger partial charge is 0.497 e. The average Bonchev–Trinajstić information content (AvgIpc) is 3.47. The third-order valence-electron chi connectivity index (χ3n) is 5.54. The van der Waals surface area contributed by atoms with Gasteiger partial charge in [0.15, 0.2) is 11.5 Å². The molecule has 0 amide bonds. The van der Waals surface area contributed by atoms with Crippen molar-refractivity contribution in [2.45, 2.75) is 0 Å². The Kier molecular flexibility index (Phi) is 4.36. The molecule has 0 fully saturated rings. The molecule has 0 atom stereocenters. The van der Waals surface area contributed by atoms with Gasteiger partial charge in [-0.2, -0.15) is 5.10 Å². The van der Waals surface area contributed by atoms with E-state index in [9.17, 15) is 4.39 Å². The lowest BCUT2D eigenvalue weighted by atomic mass is 10.0. The Morgan fingerprint density at radius 2 is 1.73 bits per heavy atom. The van der Waals surface area contributed by atoms with Crippen LogP contribution in [0.1, 0.15) is 0 Å². The summed E-state index contributed by atoms with van der Waals surface area (Å²) < 4.78 is 19.4. The van der Waals surface area contributed by atoms with Gasteiger partial charge in [-0.05, 0) is 48.0 Å². The highest BCUT2D eigenvalue weighted by atomic mass is 19.1. The van der Waals surface area contributed by atoms with Crippen molar-refractivity contribution in [3.63, 3.8) is 0 Å². The molecule has 0 saturated carbocycles. The van der Waals surface area contributed by atoms with E-state index in [1.165, 1.54) is 19.2 Å². The minimum atomic E-state index is -0.372. The fourth-order valence-electron chi connectivity index (χ4n) is 3.96. The number of nitrogens with one attached hydrogen (secondary N) is 2. The fraction of sp³-hybridized carbons (Fsp3) is 0.0400. The number of rotatable bonds is 4. The van der Waals surface area contributed by atoms with Gasteiger partial charge in [-0.3, -0.25) is 10.1 Å². The van der Waals surface area contributed by atoms with Gasteiger partial charge in [0.05, 0.1) is 29.4 Å². The molecular weight excluding hydrogens is 419 g/mol. The Hall–Kier alpha value is -4.59. The van der Waals surface area contributed by atoms with Crippen molar-refractivity contribution < 1.29 is 9.13 Å². The third-order valence-corrected chi connectivity index (χ3v) is 5.54. The first-order chi connectivity index (χ1) is 16.2. The predicted octanol–water partition coefficient (Wildman–Crippen LogP) is 5.38. The lowest BCUT2D eigenvalue weighted by molar-refractivity contribution is 0.411. The summed E-state index contributed by atoms with van der Waals surface area (Å²) in [5.41, 5.74) is 6.89. The smallest absolute Gasteiger partial charge is 0.161 e. The fourth-order valence-corrected chi connectivity index (χ4v) is 3.96. The Morgan fingerprint density at radius 3 is 2.58 bits per heavy atom. The third kappa shape index (κ3) is 3.28. The first kappa shape index (κ1) is 19.1. The molecule has 2 N–H and O–H groups in total. The first-order valence-electron chi connectivity index (χ1n) is 10.3. The number of ether oxygens (including phenoxy) is 1. The Labute approximate surface area is 187 Å². The van der Waals surface area contributed by atoms with Gasteiger partial charge in [-0.25, -0.2) is 14.4 Å². The summed E-state index contributed by atoms with van der Waals surface area (Å²) in [6.45, 7) is 0. The quantitative estimate of drug-likeness (QED) is 0.387. The lowest BCUT2D eigenvalue weighted by Crippen LogP contribution is -1.88. The minimum absolute atomic E-state index is 0.372. The zero-order chi connectivity index (χ0) is 22.4. The second kappa shape index (κ2) is 7.52. The zero-order valence-corrected chi connectivity index (χ0v) is 17.5. The van der Waals surface area contributed by atoms with Gasteiger partial charge in [0.25, 0.3) is 0 Å². The van der Waals surface area contributed by atoms with Gasteiger partial charge >= 0.3 is 0 Å². The standard InChI is InChI=1S/C25H17FN6O/c1-33-17-12-15(11-16(26)13-17)18-3-2-4-20-22(18)30-25(29-20)24-23-21(31-32-24)6-5-19(28-23)14-7-9-27-10-8-14/h2-13H,1H3,(H,29,30)(H,31,32).